The Labute approximate surface area is 133 Å². The predicted molar refractivity (Wildman–Crippen MR) is 80.5 cm³/mol. The van der Waals surface area contributed by atoms with Crippen LogP contribution < -0.4 is 5.32 Å². The highest BCUT2D eigenvalue weighted by Crippen LogP contribution is 2.28. The highest BCUT2D eigenvalue weighted by atomic mass is 16.5. The molecule has 0 spiro atoms. The summed E-state index contributed by atoms with van der Waals surface area (Å²) in [4.78, 5) is 26.2. The molecule has 0 bridgehead atoms. The van der Waals surface area contributed by atoms with Gasteiger partial charge in [-0.1, -0.05) is 5.16 Å². The number of nitrogens with zero attached hydrogens (tertiary/aromatic N) is 4. The molecule has 3 amide bonds. The molecule has 3 heterocycles. The van der Waals surface area contributed by atoms with Crippen LogP contribution in [0.5, 0.6) is 0 Å². The molecule has 1 atom stereocenters. The van der Waals surface area contributed by atoms with Crippen LogP contribution in [-0.4, -0.2) is 38.3 Å². The van der Waals surface area contributed by atoms with Gasteiger partial charge in [0.15, 0.2) is 0 Å². The largest absolute Gasteiger partial charge is 0.361 e. The van der Waals surface area contributed by atoms with Crippen LogP contribution in [-0.2, 0) is 23.8 Å². The van der Waals surface area contributed by atoms with Gasteiger partial charge in [-0.05, 0) is 27.2 Å². The average Bonchev–Trinajstić information content (AvgIpc) is 3.12. The van der Waals surface area contributed by atoms with Crippen molar-refractivity contribution < 1.29 is 14.1 Å². The van der Waals surface area contributed by atoms with Crippen molar-refractivity contribution in [2.24, 2.45) is 7.05 Å². The van der Waals surface area contributed by atoms with E-state index in [2.05, 4.69) is 15.6 Å². The molecule has 8 nitrogen and oxygen atoms in total. The topological polar surface area (TPSA) is 93.3 Å². The quantitative estimate of drug-likeness (QED) is 0.850. The number of hydrogen-bond donors (Lipinski definition) is 1. The number of rotatable bonds is 4. The molecule has 0 aromatic carbocycles. The zero-order chi connectivity index (χ0) is 16.8. The van der Waals surface area contributed by atoms with Crippen molar-refractivity contribution in [1.82, 2.24) is 25.2 Å². The minimum atomic E-state index is -1.08. The molecule has 122 valence electrons. The van der Waals surface area contributed by atoms with Crippen LogP contribution in [0, 0.1) is 13.8 Å². The van der Waals surface area contributed by atoms with E-state index in [1.165, 1.54) is 4.90 Å². The second kappa shape index (κ2) is 5.22. The first-order chi connectivity index (χ1) is 10.8. The molecule has 1 N–H and O–H groups in total. The van der Waals surface area contributed by atoms with E-state index in [4.69, 9.17) is 4.52 Å². The smallest absolute Gasteiger partial charge is 0.325 e. The normalized spacial score (nSPS) is 21.1. The first-order valence-electron chi connectivity index (χ1n) is 7.38. The fraction of sp³-hybridized carbons (Fsp3) is 0.467. The molecule has 2 aromatic heterocycles. The molecule has 2 aromatic rings. The fourth-order valence-corrected chi connectivity index (χ4v) is 2.86. The van der Waals surface area contributed by atoms with Crippen LogP contribution in [0.2, 0.25) is 0 Å². The van der Waals surface area contributed by atoms with Gasteiger partial charge in [-0.3, -0.25) is 14.4 Å². The van der Waals surface area contributed by atoms with Gasteiger partial charge in [0.1, 0.15) is 11.3 Å². The maximum atomic E-state index is 12.7. The van der Waals surface area contributed by atoms with Gasteiger partial charge in [-0.15, -0.1) is 0 Å². The van der Waals surface area contributed by atoms with Crippen LogP contribution in [0.3, 0.4) is 0 Å². The summed E-state index contributed by atoms with van der Waals surface area (Å²) in [5.41, 5.74) is 1.30. The van der Waals surface area contributed by atoms with Crippen molar-refractivity contribution in [3.8, 4) is 0 Å². The Kier molecular flexibility index (Phi) is 3.46. The van der Waals surface area contributed by atoms with Gasteiger partial charge >= 0.3 is 6.03 Å². The third-order valence-electron chi connectivity index (χ3n) is 4.32. The van der Waals surface area contributed by atoms with E-state index >= 15 is 0 Å². The van der Waals surface area contributed by atoms with E-state index in [9.17, 15) is 9.59 Å². The lowest BCUT2D eigenvalue weighted by molar-refractivity contribution is -0.131. The van der Waals surface area contributed by atoms with E-state index in [1.54, 1.807) is 31.0 Å². The molecule has 1 aliphatic rings. The Balaban J connectivity index is 1.79. The van der Waals surface area contributed by atoms with E-state index in [0.29, 0.717) is 17.7 Å². The molecule has 1 fully saturated rings. The summed E-state index contributed by atoms with van der Waals surface area (Å²) in [7, 11) is 1.77. The lowest BCUT2D eigenvalue weighted by Gasteiger charge is -2.20. The van der Waals surface area contributed by atoms with E-state index in [1.807, 2.05) is 13.8 Å². The van der Waals surface area contributed by atoms with Crippen molar-refractivity contribution in [3.05, 3.63) is 35.0 Å². The Morgan fingerprint density at radius 3 is 2.65 bits per heavy atom. The van der Waals surface area contributed by atoms with Crippen molar-refractivity contribution in [3.63, 3.8) is 0 Å². The van der Waals surface area contributed by atoms with Crippen LogP contribution in [0.4, 0.5) is 4.79 Å². The number of urea groups is 1. The minimum Gasteiger partial charge on any atom is -0.361 e. The zero-order valence-corrected chi connectivity index (χ0v) is 13.6. The molecule has 0 unspecified atom stereocenters. The lowest BCUT2D eigenvalue weighted by Crippen LogP contribution is -2.40. The standard InChI is InChI=1S/C15H19N5O3/c1-9-12(10(2)23-18-9)5-6-20-13(21)15(3,17-14(20)22)11-7-16-19(4)8-11/h7-8H,5-6H2,1-4H3,(H,17,22)/t15-/m0/s1. The second-order valence-electron chi connectivity index (χ2n) is 5.97. The summed E-state index contributed by atoms with van der Waals surface area (Å²) >= 11 is 0. The summed E-state index contributed by atoms with van der Waals surface area (Å²) in [6, 6.07) is -0.395. The van der Waals surface area contributed by atoms with E-state index < -0.39 is 11.6 Å². The van der Waals surface area contributed by atoms with Crippen molar-refractivity contribution in [2.45, 2.75) is 32.7 Å². The zero-order valence-electron chi connectivity index (χ0n) is 13.6. The Bertz CT molecular complexity index is 758. The Hall–Kier alpha value is -2.64. The average molecular weight is 317 g/mol. The van der Waals surface area contributed by atoms with E-state index in [-0.39, 0.29) is 12.5 Å². The predicted octanol–water partition coefficient (Wildman–Crippen LogP) is 1.03. The van der Waals surface area contributed by atoms with Gasteiger partial charge in [0.25, 0.3) is 5.91 Å². The van der Waals surface area contributed by atoms with Crippen LogP contribution in [0.25, 0.3) is 0 Å². The SMILES string of the molecule is Cc1noc(C)c1CCN1C(=O)N[C@@](C)(c2cnn(C)c2)C1=O. The number of imide groups is 1. The number of carbonyl (C=O) groups is 2. The van der Waals surface area contributed by atoms with E-state index in [0.717, 1.165) is 11.3 Å². The number of aromatic nitrogens is 3. The third kappa shape index (κ3) is 2.39. The summed E-state index contributed by atoms with van der Waals surface area (Å²) in [5.74, 6) is 0.437. The number of amides is 3. The Morgan fingerprint density at radius 1 is 1.35 bits per heavy atom. The molecule has 23 heavy (non-hydrogen) atoms. The van der Waals surface area contributed by atoms with Crippen LogP contribution in [0.1, 0.15) is 29.5 Å². The number of nitrogens with one attached hydrogen (secondary N) is 1. The third-order valence-corrected chi connectivity index (χ3v) is 4.32. The molecule has 1 aliphatic heterocycles. The van der Waals surface area contributed by atoms with Crippen molar-refractivity contribution >= 4 is 11.9 Å². The molecule has 8 heteroatoms. The number of aryl methyl sites for hydroxylation is 3. The molecule has 0 aliphatic carbocycles. The fourth-order valence-electron chi connectivity index (χ4n) is 2.86. The summed E-state index contributed by atoms with van der Waals surface area (Å²) < 4.78 is 6.72. The van der Waals surface area contributed by atoms with Gasteiger partial charge in [-0.2, -0.15) is 5.10 Å². The van der Waals surface area contributed by atoms with Gasteiger partial charge < -0.3 is 9.84 Å². The van der Waals surface area contributed by atoms with Crippen molar-refractivity contribution in [2.75, 3.05) is 6.54 Å². The first-order valence-corrected chi connectivity index (χ1v) is 7.38. The number of carbonyl (C=O) groups excluding carboxylic acids is 2. The summed E-state index contributed by atoms with van der Waals surface area (Å²) in [5, 5.41) is 10.7. The number of hydrogen-bond acceptors (Lipinski definition) is 5. The summed E-state index contributed by atoms with van der Waals surface area (Å²) in [6.45, 7) is 5.64. The molecule has 0 radical (unpaired) electrons. The molecule has 1 saturated heterocycles. The van der Waals surface area contributed by atoms with Gasteiger partial charge in [0.05, 0.1) is 11.9 Å². The van der Waals surface area contributed by atoms with Crippen molar-refractivity contribution in [1.29, 1.82) is 0 Å². The molecule has 3 rings (SSSR count). The van der Waals surface area contributed by atoms with Gasteiger partial charge in [0.2, 0.25) is 0 Å². The maximum absolute atomic E-state index is 12.7. The lowest BCUT2D eigenvalue weighted by atomic mass is 9.95. The molecular weight excluding hydrogens is 298 g/mol. The Morgan fingerprint density at radius 2 is 2.09 bits per heavy atom. The van der Waals surface area contributed by atoms with Crippen LogP contribution >= 0.6 is 0 Å². The minimum absolute atomic E-state index is 0.276. The highest BCUT2D eigenvalue weighted by Gasteiger charge is 2.49. The molecular formula is C15H19N5O3. The summed E-state index contributed by atoms with van der Waals surface area (Å²) in [6.07, 6.45) is 3.84. The van der Waals surface area contributed by atoms with Gasteiger partial charge in [-0.25, -0.2) is 4.79 Å². The van der Waals surface area contributed by atoms with Crippen LogP contribution in [0.15, 0.2) is 16.9 Å². The maximum Gasteiger partial charge on any atom is 0.325 e. The first kappa shape index (κ1) is 15.3. The van der Waals surface area contributed by atoms with Gasteiger partial charge in [0, 0.05) is 30.9 Å². The second-order valence-corrected chi connectivity index (χ2v) is 5.97. The monoisotopic (exact) mass is 317 g/mol. The molecule has 0 saturated carbocycles. The highest BCUT2D eigenvalue weighted by molar-refractivity contribution is 6.07.